The molecule has 2 unspecified atom stereocenters. The second-order valence-electron chi connectivity index (χ2n) is 6.74. The molecule has 0 spiro atoms. The highest BCUT2D eigenvalue weighted by Crippen LogP contribution is 2.37. The number of carbonyl (C=O) groups excluding carboxylic acids is 2. The van der Waals surface area contributed by atoms with E-state index in [9.17, 15) is 18.0 Å². The lowest BCUT2D eigenvalue weighted by Gasteiger charge is -2.25. The van der Waals surface area contributed by atoms with Gasteiger partial charge in [0.05, 0.1) is 16.8 Å². The van der Waals surface area contributed by atoms with Crippen LogP contribution in [-0.4, -0.2) is 71.2 Å². The summed E-state index contributed by atoms with van der Waals surface area (Å²) in [6.07, 6.45) is 2.44. The average Bonchev–Trinajstić information content (AvgIpc) is 3.17. The third-order valence-corrected chi connectivity index (χ3v) is 8.43. The molecule has 1 aliphatic carbocycles. The third kappa shape index (κ3) is 4.37. The molecule has 0 N–H and O–H groups in total. The Morgan fingerprint density at radius 3 is 2.46 bits per heavy atom. The summed E-state index contributed by atoms with van der Waals surface area (Å²) in [6.45, 7) is 3.29. The lowest BCUT2D eigenvalue weighted by Crippen LogP contribution is -2.41. The van der Waals surface area contributed by atoms with E-state index in [-0.39, 0.29) is 35.4 Å². The van der Waals surface area contributed by atoms with Gasteiger partial charge in [-0.3, -0.25) is 14.5 Å². The molecule has 1 saturated carbocycles. The molecule has 1 aliphatic heterocycles. The van der Waals surface area contributed by atoms with Gasteiger partial charge in [0.15, 0.2) is 14.2 Å². The normalized spacial score (nSPS) is 22.8. The third-order valence-electron chi connectivity index (χ3n) is 4.58. The number of hydrogen-bond donors (Lipinski definition) is 0. The van der Waals surface area contributed by atoms with Crippen molar-refractivity contribution in [3.63, 3.8) is 0 Å². The molecule has 0 bridgehead atoms. The number of anilines is 1. The van der Waals surface area contributed by atoms with Crippen molar-refractivity contribution >= 4 is 49.9 Å². The van der Waals surface area contributed by atoms with Gasteiger partial charge in [0, 0.05) is 26.1 Å². The van der Waals surface area contributed by atoms with Crippen LogP contribution in [0.2, 0.25) is 0 Å². The van der Waals surface area contributed by atoms with Crippen LogP contribution >= 0.6 is 23.1 Å². The molecule has 1 saturated heterocycles. The van der Waals surface area contributed by atoms with Gasteiger partial charge in [0.25, 0.3) is 0 Å². The summed E-state index contributed by atoms with van der Waals surface area (Å²) in [6, 6.07) is -0.0450. The summed E-state index contributed by atoms with van der Waals surface area (Å²) in [5.74, 6) is -0.00523. The van der Waals surface area contributed by atoms with E-state index in [1.807, 2.05) is 0 Å². The van der Waals surface area contributed by atoms with Crippen molar-refractivity contribution in [2.45, 2.75) is 54.8 Å². The molecular weight excluding hydrogens is 396 g/mol. The molecule has 26 heavy (non-hydrogen) atoms. The van der Waals surface area contributed by atoms with Crippen LogP contribution in [0.4, 0.5) is 5.13 Å². The Balaban J connectivity index is 1.62. The Kier molecular flexibility index (Phi) is 5.59. The van der Waals surface area contributed by atoms with Gasteiger partial charge in [-0.05, 0) is 26.2 Å². The van der Waals surface area contributed by atoms with Gasteiger partial charge in [-0.2, -0.15) is 0 Å². The minimum Gasteiger partial charge on any atom is -0.341 e. The minimum atomic E-state index is -3.03. The Bertz CT molecular complexity index is 806. The maximum Gasteiger partial charge on any atom is 0.235 e. The van der Waals surface area contributed by atoms with Crippen molar-refractivity contribution < 1.29 is 18.0 Å². The summed E-state index contributed by atoms with van der Waals surface area (Å²) in [7, 11) is -1.38. The van der Waals surface area contributed by atoms with Crippen molar-refractivity contribution in [1.82, 2.24) is 15.1 Å². The molecule has 2 atom stereocenters. The van der Waals surface area contributed by atoms with Crippen LogP contribution < -0.4 is 4.90 Å². The highest BCUT2D eigenvalue weighted by Gasteiger charge is 2.36. The van der Waals surface area contributed by atoms with Crippen LogP contribution in [0.1, 0.15) is 33.1 Å². The Labute approximate surface area is 161 Å². The van der Waals surface area contributed by atoms with E-state index < -0.39 is 15.1 Å². The summed E-state index contributed by atoms with van der Waals surface area (Å²) in [4.78, 5) is 27.6. The molecular formula is C15H22N4O4S3. The summed E-state index contributed by atoms with van der Waals surface area (Å²) in [5.41, 5.74) is 0. The number of carbonyl (C=O) groups is 2. The SMILES string of the molecule is CC(=O)N(c1nnc(SC(C)C(=O)N(C)C2CCS(=O)(=O)C2)s1)C1CC1. The minimum absolute atomic E-state index is 0.0323. The molecule has 0 aromatic carbocycles. The summed E-state index contributed by atoms with van der Waals surface area (Å²) < 4.78 is 23.9. The van der Waals surface area contributed by atoms with Gasteiger partial charge in [-0.15, -0.1) is 10.2 Å². The van der Waals surface area contributed by atoms with Crippen LogP contribution in [0.5, 0.6) is 0 Å². The fourth-order valence-corrected chi connectivity index (χ4v) is 6.95. The van der Waals surface area contributed by atoms with Crippen molar-refractivity contribution in [3.8, 4) is 0 Å². The fourth-order valence-electron chi connectivity index (χ4n) is 2.98. The standard InChI is InChI=1S/C15H22N4O4S3/c1-9(13(21)18(3)12-6-7-26(22,23)8-12)24-15-17-16-14(25-15)19(10(2)20)11-4-5-11/h9,11-12H,4-8H2,1-3H3. The topological polar surface area (TPSA) is 101 Å². The second-order valence-corrected chi connectivity index (χ2v) is 11.5. The zero-order valence-electron chi connectivity index (χ0n) is 14.9. The molecule has 2 amide bonds. The summed E-state index contributed by atoms with van der Waals surface area (Å²) >= 11 is 2.59. The van der Waals surface area contributed by atoms with Crippen LogP contribution in [-0.2, 0) is 19.4 Å². The van der Waals surface area contributed by atoms with Gasteiger partial charge in [-0.25, -0.2) is 8.42 Å². The predicted octanol–water partition coefficient (Wildman–Crippen LogP) is 1.18. The van der Waals surface area contributed by atoms with E-state index in [0.717, 1.165) is 12.8 Å². The molecule has 2 fully saturated rings. The maximum atomic E-state index is 12.6. The first-order chi connectivity index (χ1) is 12.2. The number of amides is 2. The number of nitrogens with zero attached hydrogens (tertiary/aromatic N) is 4. The Morgan fingerprint density at radius 2 is 1.92 bits per heavy atom. The van der Waals surface area contributed by atoms with Crippen molar-refractivity contribution in [2.24, 2.45) is 0 Å². The second kappa shape index (κ2) is 7.43. The quantitative estimate of drug-likeness (QED) is 0.505. The number of rotatable bonds is 6. The monoisotopic (exact) mass is 418 g/mol. The largest absolute Gasteiger partial charge is 0.341 e. The van der Waals surface area contributed by atoms with E-state index in [2.05, 4.69) is 10.2 Å². The molecule has 0 radical (unpaired) electrons. The van der Waals surface area contributed by atoms with Crippen LogP contribution in [0.3, 0.4) is 0 Å². The lowest BCUT2D eigenvalue weighted by molar-refractivity contribution is -0.130. The van der Waals surface area contributed by atoms with Crippen molar-refractivity contribution in [2.75, 3.05) is 23.5 Å². The molecule has 2 heterocycles. The van der Waals surface area contributed by atoms with Crippen LogP contribution in [0, 0.1) is 0 Å². The van der Waals surface area contributed by atoms with Crippen LogP contribution in [0.15, 0.2) is 4.34 Å². The van der Waals surface area contributed by atoms with E-state index >= 15 is 0 Å². The maximum absolute atomic E-state index is 12.6. The van der Waals surface area contributed by atoms with Gasteiger partial charge < -0.3 is 4.90 Å². The van der Waals surface area contributed by atoms with E-state index in [0.29, 0.717) is 15.9 Å². The number of hydrogen-bond acceptors (Lipinski definition) is 8. The number of thioether (sulfide) groups is 1. The highest BCUT2D eigenvalue weighted by molar-refractivity contribution is 8.02. The van der Waals surface area contributed by atoms with Crippen molar-refractivity contribution in [3.05, 3.63) is 0 Å². The zero-order valence-corrected chi connectivity index (χ0v) is 17.4. The Morgan fingerprint density at radius 1 is 1.23 bits per heavy atom. The molecule has 8 nitrogen and oxygen atoms in total. The Hall–Kier alpha value is -1.20. The molecule has 1 aromatic rings. The zero-order chi connectivity index (χ0) is 19.1. The number of sulfone groups is 1. The smallest absolute Gasteiger partial charge is 0.235 e. The fraction of sp³-hybridized carbons (Fsp3) is 0.733. The van der Waals surface area contributed by atoms with Crippen LogP contribution in [0.25, 0.3) is 0 Å². The van der Waals surface area contributed by atoms with E-state index in [1.54, 1.807) is 18.9 Å². The van der Waals surface area contributed by atoms with Gasteiger partial charge in [-0.1, -0.05) is 23.1 Å². The first kappa shape index (κ1) is 19.6. The molecule has 3 rings (SSSR count). The molecule has 11 heteroatoms. The lowest BCUT2D eigenvalue weighted by atomic mass is 10.2. The first-order valence-electron chi connectivity index (χ1n) is 8.45. The van der Waals surface area contributed by atoms with Gasteiger partial charge in [0.2, 0.25) is 16.9 Å². The van der Waals surface area contributed by atoms with E-state index in [1.165, 1.54) is 34.9 Å². The molecule has 144 valence electrons. The molecule has 2 aliphatic rings. The highest BCUT2D eigenvalue weighted by atomic mass is 32.2. The van der Waals surface area contributed by atoms with E-state index in [4.69, 9.17) is 0 Å². The van der Waals surface area contributed by atoms with Crippen molar-refractivity contribution in [1.29, 1.82) is 0 Å². The van der Waals surface area contributed by atoms with Gasteiger partial charge >= 0.3 is 0 Å². The summed E-state index contributed by atoms with van der Waals surface area (Å²) in [5, 5.41) is 8.36. The predicted molar refractivity (Wildman–Crippen MR) is 101 cm³/mol. The van der Waals surface area contributed by atoms with Gasteiger partial charge in [0.1, 0.15) is 0 Å². The molecule has 1 aromatic heterocycles. The average molecular weight is 419 g/mol. The number of aromatic nitrogens is 2. The first-order valence-corrected chi connectivity index (χ1v) is 12.0.